The Bertz CT molecular complexity index is 826. The minimum Gasteiger partial charge on any atom is -0.486 e. The number of aliphatic hydroxyl groups excluding tert-OH is 1. The molecule has 0 spiro atoms. The maximum Gasteiger partial charge on any atom is 0.239 e. The summed E-state index contributed by atoms with van der Waals surface area (Å²) in [5, 5.41) is 15.7. The Morgan fingerprint density at radius 3 is 2.79 bits per heavy atom. The Morgan fingerprint density at radius 1 is 1.34 bits per heavy atom. The molecule has 1 aliphatic rings. The molecule has 156 valence electrons. The molecule has 1 amide bonds. The summed E-state index contributed by atoms with van der Waals surface area (Å²) in [5.41, 5.74) is 3.01. The van der Waals surface area contributed by atoms with E-state index in [1.807, 2.05) is 42.5 Å². The Kier molecular flexibility index (Phi) is 7.00. The zero-order chi connectivity index (χ0) is 20.8. The lowest BCUT2D eigenvalue weighted by Crippen LogP contribution is -2.46. The second-order valence-electron chi connectivity index (χ2n) is 7.63. The van der Waals surface area contributed by atoms with E-state index in [1.54, 1.807) is 0 Å². The number of benzene rings is 1. The summed E-state index contributed by atoms with van der Waals surface area (Å²) in [6, 6.07) is 5.92. The first-order valence-electron chi connectivity index (χ1n) is 9.85. The van der Waals surface area contributed by atoms with Gasteiger partial charge in [0.25, 0.3) is 0 Å². The predicted octanol–water partition coefficient (Wildman–Crippen LogP) is 1.02. The van der Waals surface area contributed by atoms with Crippen LogP contribution in [0.2, 0.25) is 0 Å². The van der Waals surface area contributed by atoms with Gasteiger partial charge in [0, 0.05) is 49.3 Å². The fourth-order valence-corrected chi connectivity index (χ4v) is 3.18. The minimum atomic E-state index is -0.279. The third-order valence-electron chi connectivity index (χ3n) is 4.74. The third-order valence-corrected chi connectivity index (χ3v) is 4.74. The lowest BCUT2D eigenvalue weighted by Gasteiger charge is -2.28. The monoisotopic (exact) mass is 399 g/mol. The van der Waals surface area contributed by atoms with Crippen molar-refractivity contribution in [2.24, 2.45) is 0 Å². The summed E-state index contributed by atoms with van der Waals surface area (Å²) in [6.07, 6.45) is 4.18. The van der Waals surface area contributed by atoms with Gasteiger partial charge in [0.1, 0.15) is 12.4 Å². The van der Waals surface area contributed by atoms with E-state index in [2.05, 4.69) is 34.4 Å². The number of aromatic nitrogens is 2. The van der Waals surface area contributed by atoms with Gasteiger partial charge in [-0.3, -0.25) is 4.79 Å². The average molecular weight is 399 g/mol. The third kappa shape index (κ3) is 5.88. The highest BCUT2D eigenvalue weighted by atomic mass is 16.5. The van der Waals surface area contributed by atoms with E-state index in [1.165, 1.54) is 0 Å². The standard InChI is InChI=1S/C21H29N5O3/c1-14(2)22-8-15-9-23-20(24-10-15)13-29-18-5-4-16-6-17(12-27)25-21(28)11-26(3)19(16)7-18/h4-5,7,9-10,14,17,22,27H,6,8,11-13H2,1-3H3,(H,25,28). The van der Waals surface area contributed by atoms with Crippen LogP contribution in [0.25, 0.3) is 0 Å². The average Bonchev–Trinajstić information content (AvgIpc) is 2.70. The molecule has 1 aliphatic heterocycles. The highest BCUT2D eigenvalue weighted by Crippen LogP contribution is 2.28. The molecule has 1 aromatic heterocycles. The summed E-state index contributed by atoms with van der Waals surface area (Å²) in [7, 11) is 1.87. The van der Waals surface area contributed by atoms with E-state index in [4.69, 9.17) is 4.74 Å². The van der Waals surface area contributed by atoms with Crippen LogP contribution in [0.1, 0.15) is 30.8 Å². The quantitative estimate of drug-likeness (QED) is 0.639. The molecule has 1 unspecified atom stereocenters. The van der Waals surface area contributed by atoms with Gasteiger partial charge in [-0.15, -0.1) is 0 Å². The maximum atomic E-state index is 12.0. The summed E-state index contributed by atoms with van der Waals surface area (Å²) in [4.78, 5) is 22.6. The van der Waals surface area contributed by atoms with Crippen molar-refractivity contribution in [3.63, 3.8) is 0 Å². The number of carbonyl (C=O) groups is 1. The van der Waals surface area contributed by atoms with E-state index in [0.717, 1.165) is 23.4 Å². The topological polar surface area (TPSA) is 99.6 Å². The molecule has 0 saturated heterocycles. The zero-order valence-electron chi connectivity index (χ0n) is 17.2. The Morgan fingerprint density at radius 2 is 2.10 bits per heavy atom. The van der Waals surface area contributed by atoms with Gasteiger partial charge in [0.05, 0.1) is 19.2 Å². The second-order valence-corrected chi connectivity index (χ2v) is 7.63. The number of anilines is 1. The second kappa shape index (κ2) is 9.67. The molecule has 1 aromatic carbocycles. The van der Waals surface area contributed by atoms with E-state index in [0.29, 0.717) is 24.0 Å². The van der Waals surface area contributed by atoms with Crippen LogP contribution in [0, 0.1) is 0 Å². The smallest absolute Gasteiger partial charge is 0.239 e. The number of aliphatic hydroxyl groups is 1. The molecule has 29 heavy (non-hydrogen) atoms. The van der Waals surface area contributed by atoms with Crippen LogP contribution in [0.3, 0.4) is 0 Å². The van der Waals surface area contributed by atoms with Crippen molar-refractivity contribution in [3.05, 3.63) is 47.5 Å². The largest absolute Gasteiger partial charge is 0.486 e. The number of amides is 1. The summed E-state index contributed by atoms with van der Waals surface area (Å²) in [5.74, 6) is 1.19. The van der Waals surface area contributed by atoms with E-state index >= 15 is 0 Å². The molecule has 3 N–H and O–H groups in total. The van der Waals surface area contributed by atoms with Gasteiger partial charge < -0.3 is 25.4 Å². The summed E-state index contributed by atoms with van der Waals surface area (Å²) >= 11 is 0. The number of hydrogen-bond acceptors (Lipinski definition) is 7. The molecule has 8 heteroatoms. The first kappa shape index (κ1) is 21.0. The summed E-state index contributed by atoms with van der Waals surface area (Å²) in [6.45, 7) is 5.33. The SMILES string of the molecule is CC(C)NCc1cnc(COc2ccc3c(c2)N(C)CC(=O)NC(CO)C3)nc1. The Hall–Kier alpha value is -2.71. The molecule has 0 aliphatic carbocycles. The van der Waals surface area contributed by atoms with E-state index in [9.17, 15) is 9.90 Å². The number of nitrogens with zero attached hydrogens (tertiary/aromatic N) is 3. The van der Waals surface area contributed by atoms with Gasteiger partial charge in [-0.2, -0.15) is 0 Å². The van der Waals surface area contributed by atoms with Crippen molar-refractivity contribution in [1.29, 1.82) is 0 Å². The number of fused-ring (bicyclic) bond motifs is 1. The lowest BCUT2D eigenvalue weighted by atomic mass is 10.0. The predicted molar refractivity (Wildman–Crippen MR) is 111 cm³/mol. The molecule has 1 atom stereocenters. The van der Waals surface area contributed by atoms with Crippen molar-refractivity contribution in [2.45, 2.75) is 45.5 Å². The van der Waals surface area contributed by atoms with Crippen molar-refractivity contribution >= 4 is 11.6 Å². The fourth-order valence-electron chi connectivity index (χ4n) is 3.18. The molecule has 0 bridgehead atoms. The van der Waals surface area contributed by atoms with Gasteiger partial charge in [-0.25, -0.2) is 9.97 Å². The molecule has 2 aromatic rings. The molecular formula is C21H29N5O3. The molecule has 0 fully saturated rings. The van der Waals surface area contributed by atoms with E-state index in [-0.39, 0.29) is 31.7 Å². The molecule has 2 heterocycles. The van der Waals surface area contributed by atoms with Gasteiger partial charge in [-0.1, -0.05) is 19.9 Å². The van der Waals surface area contributed by atoms with Crippen LogP contribution in [0.15, 0.2) is 30.6 Å². The van der Waals surface area contributed by atoms with Crippen molar-refractivity contribution in [3.8, 4) is 5.75 Å². The maximum absolute atomic E-state index is 12.0. The van der Waals surface area contributed by atoms with Gasteiger partial charge in [0.15, 0.2) is 5.82 Å². The normalized spacial score (nSPS) is 16.8. The van der Waals surface area contributed by atoms with Crippen molar-refractivity contribution < 1.29 is 14.6 Å². The number of nitrogens with one attached hydrogen (secondary N) is 2. The van der Waals surface area contributed by atoms with E-state index < -0.39 is 0 Å². The van der Waals surface area contributed by atoms with Crippen molar-refractivity contribution in [2.75, 3.05) is 25.1 Å². The van der Waals surface area contributed by atoms with Crippen LogP contribution >= 0.6 is 0 Å². The zero-order valence-corrected chi connectivity index (χ0v) is 17.2. The highest BCUT2D eigenvalue weighted by Gasteiger charge is 2.21. The number of rotatable bonds is 7. The number of likely N-dealkylation sites (N-methyl/N-ethyl adjacent to an activating group) is 1. The first-order chi connectivity index (χ1) is 13.9. The van der Waals surface area contributed by atoms with Crippen LogP contribution in [0.5, 0.6) is 5.75 Å². The minimum absolute atomic E-state index is 0.0901. The van der Waals surface area contributed by atoms with Crippen LogP contribution in [0.4, 0.5) is 5.69 Å². The number of hydrogen-bond donors (Lipinski definition) is 3. The number of carbonyl (C=O) groups excluding carboxylic acids is 1. The highest BCUT2D eigenvalue weighted by molar-refractivity contribution is 5.82. The molecule has 0 radical (unpaired) electrons. The molecular weight excluding hydrogens is 370 g/mol. The van der Waals surface area contributed by atoms with Gasteiger partial charge in [0.2, 0.25) is 5.91 Å². The van der Waals surface area contributed by atoms with Crippen LogP contribution in [-0.4, -0.2) is 53.3 Å². The fraction of sp³-hybridized carbons (Fsp3) is 0.476. The summed E-state index contributed by atoms with van der Waals surface area (Å²) < 4.78 is 5.88. The van der Waals surface area contributed by atoms with Crippen LogP contribution in [-0.2, 0) is 24.4 Å². The molecule has 3 rings (SSSR count). The Balaban J connectivity index is 1.66. The van der Waals surface area contributed by atoms with Crippen molar-refractivity contribution in [1.82, 2.24) is 20.6 Å². The Labute approximate surface area is 171 Å². The first-order valence-corrected chi connectivity index (χ1v) is 9.85. The van der Waals surface area contributed by atoms with Crippen LogP contribution < -0.4 is 20.3 Å². The number of ether oxygens (including phenoxy) is 1. The lowest BCUT2D eigenvalue weighted by molar-refractivity contribution is -0.120. The molecule has 0 saturated carbocycles. The van der Waals surface area contributed by atoms with Gasteiger partial charge >= 0.3 is 0 Å². The molecule has 8 nitrogen and oxygen atoms in total. The van der Waals surface area contributed by atoms with Gasteiger partial charge in [-0.05, 0) is 18.1 Å².